The molecule has 0 saturated heterocycles. The molecule has 1 amide bonds. The quantitative estimate of drug-likeness (QED) is 0.765. The van der Waals surface area contributed by atoms with Crippen LogP contribution in [0, 0.1) is 20.8 Å². The van der Waals surface area contributed by atoms with Crippen LogP contribution in [-0.4, -0.2) is 22.6 Å². The van der Waals surface area contributed by atoms with E-state index in [1.54, 1.807) is 13.4 Å². The molecule has 5 nitrogen and oxygen atoms in total. The fraction of sp³-hybridized carbons (Fsp3) is 0.300. The molecule has 0 unspecified atom stereocenters. The molecule has 3 rings (SSSR count). The highest BCUT2D eigenvalue weighted by atomic mass is 16.5. The summed E-state index contributed by atoms with van der Waals surface area (Å²) in [6, 6.07) is 9.93. The Morgan fingerprint density at radius 3 is 2.68 bits per heavy atom. The molecule has 0 aliphatic rings. The number of carbonyl (C=O) groups is 1. The van der Waals surface area contributed by atoms with Gasteiger partial charge in [-0.3, -0.25) is 4.79 Å². The summed E-state index contributed by atoms with van der Waals surface area (Å²) in [5.74, 6) is 0.618. The molecule has 0 bridgehead atoms. The molecule has 0 aliphatic heterocycles. The van der Waals surface area contributed by atoms with Crippen LogP contribution in [0.4, 0.5) is 5.69 Å². The molecule has 0 radical (unpaired) electrons. The highest BCUT2D eigenvalue weighted by Gasteiger charge is 2.10. The number of imidazole rings is 1. The van der Waals surface area contributed by atoms with Crippen molar-refractivity contribution in [2.45, 2.75) is 33.7 Å². The van der Waals surface area contributed by atoms with Gasteiger partial charge in [0.2, 0.25) is 5.91 Å². The first-order valence-corrected chi connectivity index (χ1v) is 8.34. The molecule has 1 N–H and O–H groups in total. The van der Waals surface area contributed by atoms with Crippen LogP contribution >= 0.6 is 0 Å². The molecule has 1 aromatic heterocycles. The Hall–Kier alpha value is -2.82. The Bertz CT molecular complexity index is 928. The summed E-state index contributed by atoms with van der Waals surface area (Å²) in [7, 11) is 1.60. The first kappa shape index (κ1) is 17.0. The monoisotopic (exact) mass is 337 g/mol. The van der Waals surface area contributed by atoms with E-state index in [0.717, 1.165) is 16.6 Å². The molecule has 0 spiro atoms. The third kappa shape index (κ3) is 3.65. The minimum atomic E-state index is -0.0467. The van der Waals surface area contributed by atoms with Crippen molar-refractivity contribution in [3.05, 3.63) is 53.3 Å². The summed E-state index contributed by atoms with van der Waals surface area (Å²) >= 11 is 0. The number of nitrogens with one attached hydrogen (secondary N) is 1. The van der Waals surface area contributed by atoms with E-state index in [-0.39, 0.29) is 5.91 Å². The maximum Gasteiger partial charge on any atom is 0.226 e. The Morgan fingerprint density at radius 1 is 1.16 bits per heavy atom. The molecule has 0 atom stereocenters. The predicted molar refractivity (Wildman–Crippen MR) is 100 cm³/mol. The third-order valence-corrected chi connectivity index (χ3v) is 4.45. The van der Waals surface area contributed by atoms with Crippen molar-refractivity contribution in [2.24, 2.45) is 0 Å². The summed E-state index contributed by atoms with van der Waals surface area (Å²) in [5, 5.41) is 2.94. The van der Waals surface area contributed by atoms with Crippen LogP contribution in [0.3, 0.4) is 0 Å². The molecule has 0 fully saturated rings. The van der Waals surface area contributed by atoms with Gasteiger partial charge in [-0.1, -0.05) is 6.07 Å². The molecule has 3 aromatic rings. The van der Waals surface area contributed by atoms with Gasteiger partial charge >= 0.3 is 0 Å². The number of carbonyl (C=O) groups excluding carboxylic acids is 1. The minimum absolute atomic E-state index is 0.0467. The molecule has 1 heterocycles. The van der Waals surface area contributed by atoms with E-state index < -0.39 is 0 Å². The maximum absolute atomic E-state index is 12.3. The van der Waals surface area contributed by atoms with Crippen molar-refractivity contribution in [1.29, 1.82) is 0 Å². The first-order valence-electron chi connectivity index (χ1n) is 8.34. The van der Waals surface area contributed by atoms with Gasteiger partial charge in [0.1, 0.15) is 5.75 Å². The van der Waals surface area contributed by atoms with Crippen LogP contribution in [0.2, 0.25) is 0 Å². The maximum atomic E-state index is 12.3. The molecule has 0 saturated carbocycles. The highest BCUT2D eigenvalue weighted by Crippen LogP contribution is 2.25. The number of rotatable bonds is 5. The van der Waals surface area contributed by atoms with E-state index in [0.29, 0.717) is 24.4 Å². The third-order valence-electron chi connectivity index (χ3n) is 4.45. The minimum Gasteiger partial charge on any atom is -0.495 e. The van der Waals surface area contributed by atoms with Crippen LogP contribution in [0.1, 0.15) is 23.1 Å². The number of aromatic nitrogens is 2. The molecule has 2 aromatic carbocycles. The van der Waals surface area contributed by atoms with Crippen LogP contribution in [-0.2, 0) is 11.3 Å². The topological polar surface area (TPSA) is 56.1 Å². The molecule has 5 heteroatoms. The number of hydrogen-bond donors (Lipinski definition) is 1. The van der Waals surface area contributed by atoms with E-state index in [4.69, 9.17) is 4.74 Å². The van der Waals surface area contributed by atoms with Crippen LogP contribution in [0.15, 0.2) is 36.7 Å². The molecular weight excluding hydrogens is 314 g/mol. The second kappa shape index (κ2) is 6.97. The second-order valence-electron chi connectivity index (χ2n) is 6.37. The number of hydrogen-bond acceptors (Lipinski definition) is 3. The van der Waals surface area contributed by atoms with E-state index >= 15 is 0 Å². The first-order chi connectivity index (χ1) is 12.0. The standard InChI is InChI=1S/C20H23N3O2/c1-13-5-6-19(25-4)17(9-13)22-20(24)7-8-23-12-21-16-10-14(2)15(3)11-18(16)23/h5-6,9-12H,7-8H2,1-4H3,(H,22,24). The van der Waals surface area contributed by atoms with E-state index in [1.165, 1.54) is 11.1 Å². The lowest BCUT2D eigenvalue weighted by atomic mass is 10.1. The van der Waals surface area contributed by atoms with Crippen molar-refractivity contribution in [3.63, 3.8) is 0 Å². The summed E-state index contributed by atoms with van der Waals surface area (Å²) in [5.41, 5.74) is 6.25. The number of anilines is 1. The van der Waals surface area contributed by atoms with Crippen molar-refractivity contribution in [1.82, 2.24) is 9.55 Å². The lowest BCUT2D eigenvalue weighted by molar-refractivity contribution is -0.116. The molecule has 0 aliphatic carbocycles. The number of nitrogens with zero attached hydrogens (tertiary/aromatic N) is 2. The van der Waals surface area contributed by atoms with Crippen molar-refractivity contribution < 1.29 is 9.53 Å². The fourth-order valence-electron chi connectivity index (χ4n) is 2.85. The predicted octanol–water partition coefficient (Wildman–Crippen LogP) is 4.00. The normalized spacial score (nSPS) is 10.9. The smallest absolute Gasteiger partial charge is 0.226 e. The second-order valence-corrected chi connectivity index (χ2v) is 6.37. The summed E-state index contributed by atoms with van der Waals surface area (Å²) in [6.45, 7) is 6.73. The van der Waals surface area contributed by atoms with Gasteiger partial charge < -0.3 is 14.6 Å². The van der Waals surface area contributed by atoms with Gasteiger partial charge in [-0.25, -0.2) is 4.98 Å². The Labute approximate surface area is 147 Å². The van der Waals surface area contributed by atoms with Crippen molar-refractivity contribution >= 4 is 22.6 Å². The summed E-state index contributed by atoms with van der Waals surface area (Å²) in [6.07, 6.45) is 2.17. The van der Waals surface area contributed by atoms with Crippen LogP contribution in [0.25, 0.3) is 11.0 Å². The van der Waals surface area contributed by atoms with Gasteiger partial charge in [-0.2, -0.15) is 0 Å². The number of methoxy groups -OCH3 is 1. The SMILES string of the molecule is COc1ccc(C)cc1NC(=O)CCn1cnc2cc(C)c(C)cc21. The average molecular weight is 337 g/mol. The van der Waals surface area contributed by atoms with E-state index in [2.05, 4.69) is 36.3 Å². The van der Waals surface area contributed by atoms with Gasteiger partial charge in [-0.05, 0) is 61.7 Å². The largest absolute Gasteiger partial charge is 0.495 e. The number of benzene rings is 2. The summed E-state index contributed by atoms with van der Waals surface area (Å²) in [4.78, 5) is 16.8. The lowest BCUT2D eigenvalue weighted by Gasteiger charge is -2.11. The number of fused-ring (bicyclic) bond motifs is 1. The zero-order valence-electron chi connectivity index (χ0n) is 15.1. The summed E-state index contributed by atoms with van der Waals surface area (Å²) < 4.78 is 7.33. The number of amides is 1. The van der Waals surface area contributed by atoms with Gasteiger partial charge in [0, 0.05) is 13.0 Å². The van der Waals surface area contributed by atoms with E-state index in [1.807, 2.05) is 29.7 Å². The number of ether oxygens (including phenoxy) is 1. The zero-order valence-corrected chi connectivity index (χ0v) is 15.1. The Kier molecular flexibility index (Phi) is 4.74. The fourth-order valence-corrected chi connectivity index (χ4v) is 2.85. The van der Waals surface area contributed by atoms with Crippen LogP contribution < -0.4 is 10.1 Å². The highest BCUT2D eigenvalue weighted by molar-refractivity contribution is 5.92. The van der Waals surface area contributed by atoms with Gasteiger partial charge in [0.25, 0.3) is 0 Å². The Morgan fingerprint density at radius 2 is 1.92 bits per heavy atom. The van der Waals surface area contributed by atoms with Crippen molar-refractivity contribution in [3.8, 4) is 5.75 Å². The van der Waals surface area contributed by atoms with Crippen molar-refractivity contribution in [2.75, 3.05) is 12.4 Å². The zero-order chi connectivity index (χ0) is 18.0. The molecule has 130 valence electrons. The number of aryl methyl sites for hydroxylation is 4. The molecule has 25 heavy (non-hydrogen) atoms. The van der Waals surface area contributed by atoms with Gasteiger partial charge in [0.05, 0.1) is 30.2 Å². The van der Waals surface area contributed by atoms with E-state index in [9.17, 15) is 4.79 Å². The lowest BCUT2D eigenvalue weighted by Crippen LogP contribution is -2.15. The Balaban J connectivity index is 1.71. The average Bonchev–Trinajstić information content (AvgIpc) is 2.95. The van der Waals surface area contributed by atoms with Gasteiger partial charge in [0.15, 0.2) is 0 Å². The van der Waals surface area contributed by atoms with Gasteiger partial charge in [-0.15, -0.1) is 0 Å². The molecular formula is C20H23N3O2. The van der Waals surface area contributed by atoms with Crippen LogP contribution in [0.5, 0.6) is 5.75 Å².